The van der Waals surface area contributed by atoms with Gasteiger partial charge >= 0.3 is 6.09 Å². The summed E-state index contributed by atoms with van der Waals surface area (Å²) in [6.07, 6.45) is 1.68. The SMILES string of the molecule is CC1(CCNCC2(O)CCN(C(=O)OC(C)(C)C)CC2)N=N1. The molecule has 0 aromatic carbocycles. The van der Waals surface area contributed by atoms with Crippen LogP contribution in [-0.4, -0.2) is 59.1 Å². The molecule has 0 bridgehead atoms. The molecule has 7 heteroatoms. The molecule has 0 saturated carbocycles. The van der Waals surface area contributed by atoms with Crippen LogP contribution in [0.4, 0.5) is 4.79 Å². The van der Waals surface area contributed by atoms with Gasteiger partial charge in [0, 0.05) is 26.1 Å². The number of ether oxygens (including phenoxy) is 1. The van der Waals surface area contributed by atoms with Crippen LogP contribution in [0.5, 0.6) is 0 Å². The second-order valence-electron chi connectivity index (χ2n) is 7.54. The van der Waals surface area contributed by atoms with Crippen molar-refractivity contribution in [3.05, 3.63) is 0 Å². The van der Waals surface area contributed by atoms with Crippen LogP contribution in [0, 0.1) is 0 Å². The van der Waals surface area contributed by atoms with Crippen molar-refractivity contribution in [1.29, 1.82) is 0 Å². The Morgan fingerprint density at radius 1 is 1.32 bits per heavy atom. The number of carbonyl (C=O) groups excluding carboxylic acids is 1. The Morgan fingerprint density at radius 2 is 1.91 bits per heavy atom. The molecule has 2 aliphatic heterocycles. The van der Waals surface area contributed by atoms with E-state index >= 15 is 0 Å². The van der Waals surface area contributed by atoms with E-state index < -0.39 is 11.2 Å². The van der Waals surface area contributed by atoms with Crippen LogP contribution in [-0.2, 0) is 4.74 Å². The molecule has 0 unspecified atom stereocenters. The van der Waals surface area contributed by atoms with Gasteiger partial charge in [0.1, 0.15) is 5.60 Å². The van der Waals surface area contributed by atoms with Gasteiger partial charge in [-0.05, 0) is 47.1 Å². The molecule has 1 fully saturated rings. The van der Waals surface area contributed by atoms with Crippen molar-refractivity contribution in [3.63, 3.8) is 0 Å². The third-order valence-corrected chi connectivity index (χ3v) is 4.02. The zero-order valence-corrected chi connectivity index (χ0v) is 14.1. The minimum Gasteiger partial charge on any atom is -0.444 e. The van der Waals surface area contributed by atoms with Gasteiger partial charge in [-0.15, -0.1) is 0 Å². The minimum absolute atomic E-state index is 0.199. The Labute approximate surface area is 132 Å². The number of nitrogens with one attached hydrogen (secondary N) is 1. The van der Waals surface area contributed by atoms with Gasteiger partial charge in [-0.2, -0.15) is 10.2 Å². The molecular weight excluding hydrogens is 284 g/mol. The van der Waals surface area contributed by atoms with Crippen molar-refractivity contribution < 1.29 is 14.6 Å². The molecule has 0 spiro atoms. The minimum atomic E-state index is -0.753. The predicted molar refractivity (Wildman–Crippen MR) is 82.7 cm³/mol. The van der Waals surface area contributed by atoms with Crippen LogP contribution >= 0.6 is 0 Å². The number of likely N-dealkylation sites (tertiary alicyclic amines) is 1. The van der Waals surface area contributed by atoms with Crippen molar-refractivity contribution >= 4 is 6.09 Å². The van der Waals surface area contributed by atoms with Crippen LogP contribution in [0.15, 0.2) is 10.2 Å². The first-order valence-corrected chi connectivity index (χ1v) is 7.96. The number of rotatable bonds is 5. The lowest BCUT2D eigenvalue weighted by Crippen LogP contribution is -2.52. The molecule has 7 nitrogen and oxygen atoms in total. The summed E-state index contributed by atoms with van der Waals surface area (Å²) in [5, 5.41) is 21.7. The Bertz CT molecular complexity index is 431. The molecule has 2 N–H and O–H groups in total. The Hall–Kier alpha value is -1.21. The van der Waals surface area contributed by atoms with Crippen LogP contribution < -0.4 is 5.32 Å². The van der Waals surface area contributed by atoms with Gasteiger partial charge in [0.2, 0.25) is 0 Å². The van der Waals surface area contributed by atoms with Gasteiger partial charge < -0.3 is 20.1 Å². The smallest absolute Gasteiger partial charge is 0.410 e. The van der Waals surface area contributed by atoms with E-state index in [0.29, 0.717) is 32.5 Å². The quantitative estimate of drug-likeness (QED) is 0.759. The summed E-state index contributed by atoms with van der Waals surface area (Å²) in [7, 11) is 0. The highest BCUT2D eigenvalue weighted by atomic mass is 16.6. The molecule has 0 radical (unpaired) electrons. The lowest BCUT2D eigenvalue weighted by molar-refractivity contribution is -0.0309. The highest BCUT2D eigenvalue weighted by Gasteiger charge is 2.36. The third kappa shape index (κ3) is 5.21. The van der Waals surface area contributed by atoms with Gasteiger partial charge in [-0.1, -0.05) is 0 Å². The number of hydrogen-bond donors (Lipinski definition) is 2. The molecule has 22 heavy (non-hydrogen) atoms. The topological polar surface area (TPSA) is 86.5 Å². The Kier molecular flexibility index (Phi) is 4.77. The fourth-order valence-electron chi connectivity index (χ4n) is 2.44. The number of carbonyl (C=O) groups is 1. The maximum absolute atomic E-state index is 12.0. The van der Waals surface area contributed by atoms with Crippen molar-refractivity contribution in [2.45, 2.75) is 63.8 Å². The van der Waals surface area contributed by atoms with Gasteiger partial charge in [0.05, 0.1) is 5.60 Å². The normalized spacial score (nSPS) is 22.5. The lowest BCUT2D eigenvalue weighted by Gasteiger charge is -2.38. The van der Waals surface area contributed by atoms with Crippen LogP contribution in [0.1, 0.15) is 47.0 Å². The first kappa shape index (κ1) is 17.1. The standard InChI is InChI=1S/C15H28N4O3/c1-13(2,3)22-12(20)19-9-6-15(21,7-10-19)11-16-8-5-14(4)17-18-14/h16,21H,5-11H2,1-4H3. The van der Waals surface area contributed by atoms with E-state index in [-0.39, 0.29) is 11.8 Å². The summed E-state index contributed by atoms with van der Waals surface area (Å²) in [4.78, 5) is 13.7. The fourth-order valence-corrected chi connectivity index (χ4v) is 2.44. The molecule has 0 atom stereocenters. The van der Waals surface area contributed by atoms with E-state index in [2.05, 4.69) is 15.5 Å². The molecule has 0 aromatic heterocycles. The maximum atomic E-state index is 12.0. The number of hydrogen-bond acceptors (Lipinski definition) is 6. The molecule has 126 valence electrons. The van der Waals surface area contributed by atoms with Crippen LogP contribution in [0.25, 0.3) is 0 Å². The summed E-state index contributed by atoms with van der Waals surface area (Å²) in [5.74, 6) is 0. The molecular formula is C15H28N4O3. The summed E-state index contributed by atoms with van der Waals surface area (Å²) < 4.78 is 5.36. The van der Waals surface area contributed by atoms with E-state index in [9.17, 15) is 9.90 Å². The highest BCUT2D eigenvalue weighted by molar-refractivity contribution is 5.68. The molecule has 2 heterocycles. The molecule has 1 amide bonds. The first-order chi connectivity index (χ1) is 10.1. The van der Waals surface area contributed by atoms with Gasteiger partial charge in [-0.3, -0.25) is 0 Å². The fraction of sp³-hybridized carbons (Fsp3) is 0.933. The second kappa shape index (κ2) is 6.12. The number of nitrogens with zero attached hydrogens (tertiary/aromatic N) is 3. The van der Waals surface area contributed by atoms with E-state index in [1.54, 1.807) is 4.90 Å². The van der Waals surface area contributed by atoms with Crippen molar-refractivity contribution in [2.24, 2.45) is 10.2 Å². The van der Waals surface area contributed by atoms with Crippen molar-refractivity contribution in [3.8, 4) is 0 Å². The average Bonchev–Trinajstić information content (AvgIpc) is 3.12. The number of amides is 1. The van der Waals surface area contributed by atoms with E-state index in [1.165, 1.54) is 0 Å². The molecule has 2 aliphatic rings. The van der Waals surface area contributed by atoms with Gasteiger partial charge in [0.15, 0.2) is 5.66 Å². The maximum Gasteiger partial charge on any atom is 0.410 e. The van der Waals surface area contributed by atoms with Gasteiger partial charge in [-0.25, -0.2) is 4.79 Å². The number of piperidine rings is 1. The molecule has 2 rings (SSSR count). The molecule has 0 aliphatic carbocycles. The Morgan fingerprint density at radius 3 is 2.41 bits per heavy atom. The number of aliphatic hydroxyl groups is 1. The van der Waals surface area contributed by atoms with Crippen LogP contribution in [0.3, 0.4) is 0 Å². The van der Waals surface area contributed by atoms with Crippen molar-refractivity contribution in [2.75, 3.05) is 26.2 Å². The van der Waals surface area contributed by atoms with Crippen molar-refractivity contribution in [1.82, 2.24) is 10.2 Å². The molecule has 1 saturated heterocycles. The summed E-state index contributed by atoms with van der Waals surface area (Å²) in [5.41, 5.74) is -1.44. The lowest BCUT2D eigenvalue weighted by atomic mass is 9.91. The van der Waals surface area contributed by atoms with E-state index in [1.807, 2.05) is 27.7 Å². The average molecular weight is 312 g/mol. The largest absolute Gasteiger partial charge is 0.444 e. The van der Waals surface area contributed by atoms with E-state index in [0.717, 1.165) is 13.0 Å². The summed E-state index contributed by atoms with van der Waals surface area (Å²) in [6.45, 7) is 9.91. The second-order valence-corrected chi connectivity index (χ2v) is 7.54. The van der Waals surface area contributed by atoms with Crippen LogP contribution in [0.2, 0.25) is 0 Å². The molecule has 0 aromatic rings. The zero-order valence-electron chi connectivity index (χ0n) is 14.1. The Balaban J connectivity index is 1.67. The predicted octanol–water partition coefficient (Wildman–Crippen LogP) is 1.91. The zero-order chi connectivity index (χ0) is 16.4. The first-order valence-electron chi connectivity index (χ1n) is 7.96. The summed E-state index contributed by atoms with van der Waals surface area (Å²) in [6, 6.07) is 0. The highest BCUT2D eigenvalue weighted by Crippen LogP contribution is 2.30. The third-order valence-electron chi connectivity index (χ3n) is 4.02. The van der Waals surface area contributed by atoms with Gasteiger partial charge in [0.25, 0.3) is 0 Å². The summed E-state index contributed by atoms with van der Waals surface area (Å²) >= 11 is 0. The monoisotopic (exact) mass is 312 g/mol. The van der Waals surface area contributed by atoms with E-state index in [4.69, 9.17) is 4.74 Å².